The highest BCUT2D eigenvalue weighted by molar-refractivity contribution is 7.99. The summed E-state index contributed by atoms with van der Waals surface area (Å²) in [7, 11) is 2.47. The van der Waals surface area contributed by atoms with E-state index in [4.69, 9.17) is 27.9 Å². The molecule has 1 heterocycles. The van der Waals surface area contributed by atoms with Gasteiger partial charge in [-0.2, -0.15) is 11.8 Å². The molecule has 1 aliphatic rings. The van der Waals surface area contributed by atoms with Crippen LogP contribution < -0.4 is 10.6 Å². The zero-order valence-electron chi connectivity index (χ0n) is 21.9. The first-order valence-electron chi connectivity index (χ1n) is 12.3. The van der Waals surface area contributed by atoms with Crippen molar-refractivity contribution in [2.24, 2.45) is 0 Å². The number of rotatable bonds is 10. The van der Waals surface area contributed by atoms with Crippen LogP contribution in [0.15, 0.2) is 42.5 Å². The van der Waals surface area contributed by atoms with Crippen LogP contribution in [0.2, 0.25) is 10.0 Å². The maximum absolute atomic E-state index is 13.2. The predicted octanol–water partition coefficient (Wildman–Crippen LogP) is 3.34. The third-order valence-electron chi connectivity index (χ3n) is 6.17. The van der Waals surface area contributed by atoms with Crippen LogP contribution >= 0.6 is 35.0 Å². The number of carbonyl (C=O) groups excluding carboxylic acids is 5. The Morgan fingerprint density at radius 2 is 1.68 bits per heavy atom. The molecule has 2 aromatic rings. The van der Waals surface area contributed by atoms with Gasteiger partial charge in [-0.1, -0.05) is 41.4 Å². The van der Waals surface area contributed by atoms with Crippen LogP contribution in [-0.4, -0.2) is 78.9 Å². The van der Waals surface area contributed by atoms with E-state index in [0.717, 1.165) is 0 Å². The summed E-state index contributed by atoms with van der Waals surface area (Å²) in [5.74, 6) is -1.45. The van der Waals surface area contributed by atoms with Crippen molar-refractivity contribution in [2.75, 3.05) is 37.6 Å². The Kier molecular flexibility index (Phi) is 11.7. The van der Waals surface area contributed by atoms with Gasteiger partial charge in [0.15, 0.2) is 0 Å². The molecule has 0 aromatic heterocycles. The van der Waals surface area contributed by atoms with Crippen molar-refractivity contribution in [1.29, 1.82) is 0 Å². The Labute approximate surface area is 246 Å². The fourth-order valence-electron chi connectivity index (χ4n) is 4.05. The molecule has 2 N–H and O–H groups in total. The van der Waals surface area contributed by atoms with Gasteiger partial charge in [-0.3, -0.25) is 19.2 Å². The highest BCUT2D eigenvalue weighted by Crippen LogP contribution is 2.25. The number of anilines is 1. The van der Waals surface area contributed by atoms with Crippen molar-refractivity contribution >= 4 is 70.3 Å². The number of nitrogens with zero attached hydrogens (tertiary/aromatic N) is 1. The van der Waals surface area contributed by atoms with Gasteiger partial charge in [-0.25, -0.2) is 4.79 Å². The SMILES string of the molecule is COC(=O)CCC(=O)N1CCSCC1C(=O)NC(Cc1ccc(NC(=O)c2c(Cl)cccc2Cl)cc1)C(=O)OC. The van der Waals surface area contributed by atoms with Crippen molar-refractivity contribution in [1.82, 2.24) is 10.2 Å². The maximum Gasteiger partial charge on any atom is 0.328 e. The molecule has 2 unspecified atom stereocenters. The second kappa shape index (κ2) is 14.9. The van der Waals surface area contributed by atoms with E-state index in [9.17, 15) is 24.0 Å². The van der Waals surface area contributed by atoms with Crippen molar-refractivity contribution in [2.45, 2.75) is 31.3 Å². The Morgan fingerprint density at radius 3 is 2.30 bits per heavy atom. The molecular formula is C27H29Cl2N3O7S. The molecule has 0 bridgehead atoms. The van der Waals surface area contributed by atoms with Gasteiger partial charge in [0, 0.05) is 36.6 Å². The maximum atomic E-state index is 13.2. The molecule has 13 heteroatoms. The van der Waals surface area contributed by atoms with E-state index in [1.165, 1.54) is 30.9 Å². The molecular weight excluding hydrogens is 581 g/mol. The van der Waals surface area contributed by atoms with Crippen LogP contribution in [0.3, 0.4) is 0 Å². The molecule has 0 aliphatic carbocycles. The summed E-state index contributed by atoms with van der Waals surface area (Å²) in [6, 6.07) is 9.65. The van der Waals surface area contributed by atoms with E-state index in [-0.39, 0.29) is 40.8 Å². The van der Waals surface area contributed by atoms with Gasteiger partial charge >= 0.3 is 11.9 Å². The average Bonchev–Trinajstić information content (AvgIpc) is 2.95. The van der Waals surface area contributed by atoms with E-state index in [1.54, 1.807) is 42.5 Å². The van der Waals surface area contributed by atoms with Gasteiger partial charge in [0.1, 0.15) is 12.1 Å². The van der Waals surface area contributed by atoms with Crippen molar-refractivity contribution < 1.29 is 33.4 Å². The molecule has 2 atom stereocenters. The van der Waals surface area contributed by atoms with Crippen molar-refractivity contribution in [3.8, 4) is 0 Å². The predicted molar refractivity (Wildman–Crippen MR) is 153 cm³/mol. The lowest BCUT2D eigenvalue weighted by Gasteiger charge is -2.35. The standard InChI is InChI=1S/C27H29Cl2N3O7S/c1-38-23(34)11-10-22(33)32-12-13-40-15-21(32)25(35)31-20(27(37)39-2)14-16-6-8-17(9-7-16)30-26(36)24-18(28)4-3-5-19(24)29/h3-9,20-21H,10-15H2,1-2H3,(H,30,36)(H,31,35). The molecule has 0 radical (unpaired) electrons. The molecule has 2 aromatic carbocycles. The Hall–Kier alpha value is -3.28. The monoisotopic (exact) mass is 609 g/mol. The van der Waals surface area contributed by atoms with E-state index in [0.29, 0.717) is 29.3 Å². The van der Waals surface area contributed by atoms with E-state index >= 15 is 0 Å². The van der Waals surface area contributed by atoms with Gasteiger partial charge in [0.05, 0.1) is 36.2 Å². The van der Waals surface area contributed by atoms with E-state index < -0.39 is 35.8 Å². The largest absolute Gasteiger partial charge is 0.469 e. The van der Waals surface area contributed by atoms with Crippen LogP contribution in [0.25, 0.3) is 0 Å². The van der Waals surface area contributed by atoms with Gasteiger partial charge < -0.3 is 25.0 Å². The lowest BCUT2D eigenvalue weighted by Crippen LogP contribution is -2.57. The summed E-state index contributed by atoms with van der Waals surface area (Å²) in [5, 5.41) is 5.89. The quantitative estimate of drug-likeness (QED) is 0.392. The number of methoxy groups -OCH3 is 2. The number of hydrogen-bond donors (Lipinski definition) is 2. The lowest BCUT2D eigenvalue weighted by molar-refractivity contribution is -0.147. The van der Waals surface area contributed by atoms with Gasteiger partial charge in [-0.05, 0) is 29.8 Å². The molecule has 1 fully saturated rings. The zero-order chi connectivity index (χ0) is 29.2. The number of benzene rings is 2. The van der Waals surface area contributed by atoms with Crippen LogP contribution in [-0.2, 0) is 35.1 Å². The smallest absolute Gasteiger partial charge is 0.328 e. The molecule has 1 saturated heterocycles. The van der Waals surface area contributed by atoms with Gasteiger partial charge in [0.2, 0.25) is 11.8 Å². The summed E-state index contributed by atoms with van der Waals surface area (Å²) in [5.41, 5.74) is 1.32. The first-order valence-corrected chi connectivity index (χ1v) is 14.2. The number of ether oxygens (including phenoxy) is 2. The van der Waals surface area contributed by atoms with E-state index in [2.05, 4.69) is 15.4 Å². The summed E-state index contributed by atoms with van der Waals surface area (Å²) < 4.78 is 9.49. The third kappa shape index (κ3) is 8.36. The van der Waals surface area contributed by atoms with Crippen LogP contribution in [0.4, 0.5) is 5.69 Å². The van der Waals surface area contributed by atoms with Crippen LogP contribution in [0, 0.1) is 0 Å². The number of halogens is 2. The average molecular weight is 611 g/mol. The molecule has 10 nitrogen and oxygen atoms in total. The van der Waals surface area contributed by atoms with Crippen molar-refractivity contribution in [3.63, 3.8) is 0 Å². The molecule has 0 spiro atoms. The summed E-state index contributed by atoms with van der Waals surface area (Å²) >= 11 is 13.7. The first kappa shape index (κ1) is 31.3. The van der Waals surface area contributed by atoms with Crippen LogP contribution in [0.1, 0.15) is 28.8 Å². The fraction of sp³-hybridized carbons (Fsp3) is 0.370. The highest BCUT2D eigenvalue weighted by atomic mass is 35.5. The normalized spacial score (nSPS) is 15.5. The molecule has 1 aliphatic heterocycles. The number of nitrogens with one attached hydrogen (secondary N) is 2. The summed E-state index contributed by atoms with van der Waals surface area (Å²) in [4.78, 5) is 64.0. The minimum atomic E-state index is -1.01. The second-order valence-corrected chi connectivity index (χ2v) is 10.8. The Morgan fingerprint density at radius 1 is 1.00 bits per heavy atom. The number of thioether (sulfide) groups is 1. The Balaban J connectivity index is 1.66. The van der Waals surface area contributed by atoms with Crippen LogP contribution in [0.5, 0.6) is 0 Å². The number of esters is 2. The topological polar surface area (TPSA) is 131 Å². The second-order valence-electron chi connectivity index (χ2n) is 8.79. The van der Waals surface area contributed by atoms with Gasteiger partial charge in [0.25, 0.3) is 5.91 Å². The number of carbonyl (C=O) groups is 5. The number of amides is 3. The lowest BCUT2D eigenvalue weighted by atomic mass is 10.0. The molecule has 3 amide bonds. The fourth-order valence-corrected chi connectivity index (χ4v) is 5.66. The molecule has 3 rings (SSSR count). The summed E-state index contributed by atoms with van der Waals surface area (Å²) in [6.07, 6.45) is -0.0494. The van der Waals surface area contributed by atoms with E-state index in [1.807, 2.05) is 0 Å². The third-order valence-corrected chi connectivity index (χ3v) is 7.82. The Bertz CT molecular complexity index is 1240. The molecule has 40 heavy (non-hydrogen) atoms. The number of hydrogen-bond acceptors (Lipinski definition) is 8. The molecule has 214 valence electrons. The van der Waals surface area contributed by atoms with Crippen molar-refractivity contribution in [3.05, 3.63) is 63.6 Å². The zero-order valence-corrected chi connectivity index (χ0v) is 24.2. The molecule has 0 saturated carbocycles. The first-order chi connectivity index (χ1) is 19.1. The minimum Gasteiger partial charge on any atom is -0.469 e. The highest BCUT2D eigenvalue weighted by Gasteiger charge is 2.35. The summed E-state index contributed by atoms with van der Waals surface area (Å²) in [6.45, 7) is 0.345. The minimum absolute atomic E-state index is 0.0763. The van der Waals surface area contributed by atoms with Gasteiger partial charge in [-0.15, -0.1) is 0 Å².